The molecule has 5 nitrogen and oxygen atoms in total. The number of ether oxygens (including phenoxy) is 1. The molecule has 1 heterocycles. The standard InChI is InChI=1S/C15H23N3O2/c1-12(16)15(19)17(2)11-13-5-3-4-6-14(13)18-7-9-20-10-8-18/h3-6,12H,7-11,16H2,1-2H3/t12-/m0/s1. The van der Waals surface area contributed by atoms with E-state index in [1.807, 2.05) is 12.1 Å². The molecule has 1 amide bonds. The van der Waals surface area contributed by atoms with Crippen molar-refractivity contribution in [2.24, 2.45) is 5.73 Å². The molecule has 0 aliphatic carbocycles. The van der Waals surface area contributed by atoms with Gasteiger partial charge in [0.2, 0.25) is 5.91 Å². The Kier molecular flexibility index (Phi) is 4.98. The van der Waals surface area contributed by atoms with Gasteiger partial charge in [0.1, 0.15) is 0 Å². The lowest BCUT2D eigenvalue weighted by Crippen LogP contribution is -2.40. The van der Waals surface area contributed by atoms with Crippen molar-refractivity contribution in [1.29, 1.82) is 0 Å². The topological polar surface area (TPSA) is 58.8 Å². The van der Waals surface area contributed by atoms with E-state index in [1.165, 1.54) is 5.69 Å². The van der Waals surface area contributed by atoms with E-state index in [-0.39, 0.29) is 5.91 Å². The fourth-order valence-corrected chi connectivity index (χ4v) is 2.44. The SMILES string of the molecule is C[C@H](N)C(=O)N(C)Cc1ccccc1N1CCOCC1. The number of hydrogen-bond donors (Lipinski definition) is 1. The molecule has 1 atom stereocenters. The van der Waals surface area contributed by atoms with Crippen molar-refractivity contribution in [2.75, 3.05) is 38.3 Å². The van der Waals surface area contributed by atoms with Gasteiger partial charge in [-0.15, -0.1) is 0 Å². The normalized spacial score (nSPS) is 16.9. The van der Waals surface area contributed by atoms with Gasteiger partial charge in [-0.3, -0.25) is 4.79 Å². The summed E-state index contributed by atoms with van der Waals surface area (Å²) in [5.74, 6) is -0.0400. The van der Waals surface area contributed by atoms with Crippen molar-refractivity contribution in [3.05, 3.63) is 29.8 Å². The lowest BCUT2D eigenvalue weighted by molar-refractivity contribution is -0.131. The van der Waals surface area contributed by atoms with Gasteiger partial charge in [-0.05, 0) is 18.6 Å². The van der Waals surface area contributed by atoms with Gasteiger partial charge in [0, 0.05) is 32.4 Å². The average molecular weight is 277 g/mol. The van der Waals surface area contributed by atoms with Gasteiger partial charge in [0.15, 0.2) is 0 Å². The van der Waals surface area contributed by atoms with E-state index < -0.39 is 6.04 Å². The quantitative estimate of drug-likeness (QED) is 0.885. The van der Waals surface area contributed by atoms with Gasteiger partial charge >= 0.3 is 0 Å². The number of carbonyl (C=O) groups excluding carboxylic acids is 1. The monoisotopic (exact) mass is 277 g/mol. The molecule has 20 heavy (non-hydrogen) atoms. The average Bonchev–Trinajstić information content (AvgIpc) is 2.47. The molecule has 2 rings (SSSR count). The summed E-state index contributed by atoms with van der Waals surface area (Å²) in [6.07, 6.45) is 0. The van der Waals surface area contributed by atoms with Crippen LogP contribution in [0.3, 0.4) is 0 Å². The second-order valence-electron chi connectivity index (χ2n) is 5.21. The van der Waals surface area contributed by atoms with Crippen LogP contribution in [0.2, 0.25) is 0 Å². The van der Waals surface area contributed by atoms with Crippen LogP contribution in [0.15, 0.2) is 24.3 Å². The van der Waals surface area contributed by atoms with Crippen molar-refractivity contribution in [2.45, 2.75) is 19.5 Å². The van der Waals surface area contributed by atoms with Crippen LogP contribution in [-0.2, 0) is 16.1 Å². The van der Waals surface area contributed by atoms with Crippen LogP contribution in [-0.4, -0.2) is 50.2 Å². The predicted molar refractivity (Wildman–Crippen MR) is 79.6 cm³/mol. The highest BCUT2D eigenvalue weighted by Gasteiger charge is 2.18. The van der Waals surface area contributed by atoms with Crippen molar-refractivity contribution < 1.29 is 9.53 Å². The summed E-state index contributed by atoms with van der Waals surface area (Å²) in [5, 5.41) is 0. The zero-order chi connectivity index (χ0) is 14.5. The highest BCUT2D eigenvalue weighted by atomic mass is 16.5. The summed E-state index contributed by atoms with van der Waals surface area (Å²) in [4.78, 5) is 15.9. The summed E-state index contributed by atoms with van der Waals surface area (Å²) >= 11 is 0. The Morgan fingerprint density at radius 3 is 2.70 bits per heavy atom. The van der Waals surface area contributed by atoms with E-state index in [2.05, 4.69) is 17.0 Å². The molecule has 110 valence electrons. The number of nitrogens with zero attached hydrogens (tertiary/aromatic N) is 2. The van der Waals surface area contributed by atoms with E-state index in [0.717, 1.165) is 31.9 Å². The Hall–Kier alpha value is -1.59. The van der Waals surface area contributed by atoms with Crippen molar-refractivity contribution in [1.82, 2.24) is 4.90 Å². The van der Waals surface area contributed by atoms with Gasteiger partial charge in [-0.1, -0.05) is 18.2 Å². The van der Waals surface area contributed by atoms with Crippen LogP contribution in [0, 0.1) is 0 Å². The molecule has 2 N–H and O–H groups in total. The van der Waals surface area contributed by atoms with E-state index in [0.29, 0.717) is 6.54 Å². The van der Waals surface area contributed by atoms with Crippen LogP contribution in [0.5, 0.6) is 0 Å². The van der Waals surface area contributed by atoms with Crippen molar-refractivity contribution in [3.8, 4) is 0 Å². The maximum atomic E-state index is 11.9. The van der Waals surface area contributed by atoms with Crippen LogP contribution >= 0.6 is 0 Å². The maximum absolute atomic E-state index is 11.9. The van der Waals surface area contributed by atoms with Gasteiger partial charge in [-0.25, -0.2) is 0 Å². The summed E-state index contributed by atoms with van der Waals surface area (Å²) < 4.78 is 5.39. The number of amides is 1. The Labute approximate surface area is 120 Å². The minimum Gasteiger partial charge on any atom is -0.378 e. The minimum atomic E-state index is -0.462. The number of para-hydroxylation sites is 1. The van der Waals surface area contributed by atoms with Crippen LogP contribution < -0.4 is 10.6 Å². The largest absolute Gasteiger partial charge is 0.378 e. The maximum Gasteiger partial charge on any atom is 0.239 e. The molecule has 5 heteroatoms. The number of anilines is 1. The summed E-state index contributed by atoms with van der Waals surface area (Å²) in [7, 11) is 1.79. The molecular formula is C15H23N3O2. The molecule has 1 aliphatic heterocycles. The predicted octanol–water partition coefficient (Wildman–Crippen LogP) is 0.829. The fraction of sp³-hybridized carbons (Fsp3) is 0.533. The van der Waals surface area contributed by atoms with E-state index >= 15 is 0 Å². The molecule has 1 aromatic rings. The third-order valence-corrected chi connectivity index (χ3v) is 3.52. The Morgan fingerprint density at radius 2 is 2.05 bits per heavy atom. The van der Waals surface area contributed by atoms with Crippen molar-refractivity contribution >= 4 is 11.6 Å². The molecule has 0 spiro atoms. The van der Waals surface area contributed by atoms with Gasteiger partial charge in [0.05, 0.1) is 19.3 Å². The van der Waals surface area contributed by atoms with Gasteiger partial charge < -0.3 is 20.3 Å². The number of nitrogens with two attached hydrogens (primary N) is 1. The third-order valence-electron chi connectivity index (χ3n) is 3.52. The van der Waals surface area contributed by atoms with E-state index in [4.69, 9.17) is 10.5 Å². The number of benzene rings is 1. The number of rotatable bonds is 4. The summed E-state index contributed by atoms with van der Waals surface area (Å²) in [5.41, 5.74) is 7.98. The van der Waals surface area contributed by atoms with E-state index in [1.54, 1.807) is 18.9 Å². The van der Waals surface area contributed by atoms with Gasteiger partial charge in [-0.2, -0.15) is 0 Å². The first kappa shape index (κ1) is 14.8. The molecule has 0 aromatic heterocycles. The number of morpholine rings is 1. The Morgan fingerprint density at radius 1 is 1.40 bits per heavy atom. The Balaban J connectivity index is 2.13. The highest BCUT2D eigenvalue weighted by molar-refractivity contribution is 5.81. The number of carbonyl (C=O) groups is 1. The lowest BCUT2D eigenvalue weighted by atomic mass is 10.1. The molecule has 0 unspecified atom stereocenters. The highest BCUT2D eigenvalue weighted by Crippen LogP contribution is 2.22. The number of hydrogen-bond acceptors (Lipinski definition) is 4. The van der Waals surface area contributed by atoms with Crippen molar-refractivity contribution in [3.63, 3.8) is 0 Å². The first-order chi connectivity index (χ1) is 9.59. The van der Waals surface area contributed by atoms with Crippen LogP contribution in [0.1, 0.15) is 12.5 Å². The first-order valence-corrected chi connectivity index (χ1v) is 7.00. The first-order valence-electron chi connectivity index (χ1n) is 7.00. The summed E-state index contributed by atoms with van der Waals surface area (Å²) in [6.45, 7) is 5.58. The second kappa shape index (κ2) is 6.72. The van der Waals surface area contributed by atoms with Crippen LogP contribution in [0.25, 0.3) is 0 Å². The zero-order valence-electron chi connectivity index (χ0n) is 12.2. The molecule has 0 saturated carbocycles. The van der Waals surface area contributed by atoms with E-state index in [9.17, 15) is 4.79 Å². The molecule has 1 saturated heterocycles. The van der Waals surface area contributed by atoms with Gasteiger partial charge in [0.25, 0.3) is 0 Å². The zero-order valence-corrected chi connectivity index (χ0v) is 12.2. The molecular weight excluding hydrogens is 254 g/mol. The molecule has 1 aliphatic rings. The molecule has 0 radical (unpaired) electrons. The third kappa shape index (κ3) is 3.49. The molecule has 0 bridgehead atoms. The summed E-state index contributed by atoms with van der Waals surface area (Å²) in [6, 6.07) is 7.74. The second-order valence-corrected chi connectivity index (χ2v) is 5.21. The fourth-order valence-electron chi connectivity index (χ4n) is 2.44. The number of likely N-dealkylation sites (N-methyl/N-ethyl adjacent to an activating group) is 1. The lowest BCUT2D eigenvalue weighted by Gasteiger charge is -2.31. The molecule has 1 fully saturated rings. The smallest absolute Gasteiger partial charge is 0.239 e. The minimum absolute atomic E-state index is 0.0400. The van der Waals surface area contributed by atoms with Crippen LogP contribution in [0.4, 0.5) is 5.69 Å². The Bertz CT molecular complexity index is 456. The molecule has 1 aromatic carbocycles.